The number of benzene rings is 2. The number of fused-ring (bicyclic) bond motifs is 2. The van der Waals surface area contributed by atoms with Gasteiger partial charge in [0.25, 0.3) is 0 Å². The van der Waals surface area contributed by atoms with Crippen LogP contribution in [-0.2, 0) is 24.4 Å². The van der Waals surface area contributed by atoms with Crippen molar-refractivity contribution in [2.24, 2.45) is 5.92 Å². The summed E-state index contributed by atoms with van der Waals surface area (Å²) in [5.74, 6) is 0.523. The normalized spacial score (nSPS) is 15.9. The largest absolute Gasteiger partial charge is 0.293 e. The molecule has 0 unspecified atom stereocenters. The topological polar surface area (TPSA) is 62.5 Å². The number of nitrogens with one attached hydrogen (secondary N) is 1. The summed E-state index contributed by atoms with van der Waals surface area (Å²) < 4.78 is 1.74. The summed E-state index contributed by atoms with van der Waals surface area (Å²) in [6.45, 7) is 2.86. The van der Waals surface area contributed by atoms with Crippen LogP contribution in [0.15, 0.2) is 66.9 Å². The number of pyridine rings is 1. The second kappa shape index (κ2) is 7.32. The molecule has 1 N–H and O–H groups in total. The van der Waals surface area contributed by atoms with Crippen LogP contribution in [0.5, 0.6) is 0 Å². The van der Waals surface area contributed by atoms with Crippen LogP contribution in [0, 0.1) is 5.92 Å². The first-order chi connectivity index (χ1) is 15.2. The zero-order valence-corrected chi connectivity index (χ0v) is 17.2. The van der Waals surface area contributed by atoms with Crippen LogP contribution in [0.4, 0.5) is 5.95 Å². The number of hydrogen-bond donors (Lipinski definition) is 1. The first-order valence-corrected chi connectivity index (χ1v) is 10.8. The zero-order valence-electron chi connectivity index (χ0n) is 17.2. The van der Waals surface area contributed by atoms with Crippen molar-refractivity contribution in [3.05, 3.63) is 83.6 Å². The molecule has 6 heteroatoms. The lowest BCUT2D eigenvalue weighted by molar-refractivity contribution is -0.117. The van der Waals surface area contributed by atoms with E-state index in [0.717, 1.165) is 49.2 Å². The number of aromatic nitrogens is 3. The second-order valence-corrected chi connectivity index (χ2v) is 8.50. The van der Waals surface area contributed by atoms with E-state index in [2.05, 4.69) is 74.9 Å². The van der Waals surface area contributed by atoms with Gasteiger partial charge in [0.2, 0.25) is 11.9 Å². The Balaban J connectivity index is 1.27. The summed E-state index contributed by atoms with van der Waals surface area (Å²) in [5, 5.41) is 7.30. The van der Waals surface area contributed by atoms with Gasteiger partial charge in [0.15, 0.2) is 5.65 Å². The van der Waals surface area contributed by atoms with Gasteiger partial charge in [0.1, 0.15) is 0 Å². The van der Waals surface area contributed by atoms with Crippen molar-refractivity contribution in [1.82, 2.24) is 19.5 Å². The summed E-state index contributed by atoms with van der Waals surface area (Å²) in [5.41, 5.74) is 6.98. The fourth-order valence-electron chi connectivity index (χ4n) is 4.33. The molecule has 0 bridgehead atoms. The fraction of sp³-hybridized carbons (Fsp3) is 0.240. The van der Waals surface area contributed by atoms with Crippen LogP contribution < -0.4 is 5.32 Å². The smallest absolute Gasteiger partial charge is 0.249 e. The summed E-state index contributed by atoms with van der Waals surface area (Å²) in [7, 11) is 0. The molecule has 1 aliphatic carbocycles. The molecule has 1 aliphatic heterocycles. The lowest BCUT2D eigenvalue weighted by Crippen LogP contribution is -2.15. The van der Waals surface area contributed by atoms with Gasteiger partial charge in [-0.1, -0.05) is 42.5 Å². The van der Waals surface area contributed by atoms with Gasteiger partial charge in [-0.25, -0.2) is 4.52 Å². The Kier molecular flexibility index (Phi) is 4.32. The third-order valence-electron chi connectivity index (χ3n) is 6.10. The minimum Gasteiger partial charge on any atom is -0.293 e. The van der Waals surface area contributed by atoms with E-state index in [4.69, 9.17) is 0 Å². The highest BCUT2D eigenvalue weighted by Gasteiger charge is 2.30. The monoisotopic (exact) mass is 409 g/mol. The van der Waals surface area contributed by atoms with Crippen LogP contribution in [0.1, 0.15) is 29.5 Å². The van der Waals surface area contributed by atoms with E-state index in [9.17, 15) is 4.79 Å². The van der Waals surface area contributed by atoms with Crippen LogP contribution in [0.2, 0.25) is 0 Å². The van der Waals surface area contributed by atoms with Crippen molar-refractivity contribution in [3.63, 3.8) is 0 Å². The van der Waals surface area contributed by atoms with E-state index in [1.54, 1.807) is 4.52 Å². The number of hydrogen-bond acceptors (Lipinski definition) is 4. The van der Waals surface area contributed by atoms with Crippen LogP contribution in [0.25, 0.3) is 16.8 Å². The SMILES string of the molecule is O=C(Nc1nc2c(-c3ccc4c(c3)CN(Cc3ccccc3)C4)cccn2n1)C1CC1. The lowest BCUT2D eigenvalue weighted by Gasteiger charge is -2.14. The quantitative estimate of drug-likeness (QED) is 0.535. The molecule has 0 saturated heterocycles. The summed E-state index contributed by atoms with van der Waals surface area (Å²) in [6.07, 6.45) is 3.79. The Morgan fingerprint density at radius 2 is 1.84 bits per heavy atom. The summed E-state index contributed by atoms with van der Waals surface area (Å²) in [6, 6.07) is 21.3. The number of rotatable bonds is 5. The van der Waals surface area contributed by atoms with Crippen molar-refractivity contribution in [2.45, 2.75) is 32.5 Å². The van der Waals surface area contributed by atoms with E-state index in [0.29, 0.717) is 5.95 Å². The number of carbonyl (C=O) groups excluding carboxylic acids is 1. The van der Waals surface area contributed by atoms with Crippen molar-refractivity contribution < 1.29 is 4.79 Å². The van der Waals surface area contributed by atoms with Gasteiger partial charge in [0.05, 0.1) is 0 Å². The molecule has 2 aromatic carbocycles. The molecule has 1 saturated carbocycles. The van der Waals surface area contributed by atoms with Gasteiger partial charge in [-0.3, -0.25) is 15.0 Å². The maximum Gasteiger partial charge on any atom is 0.249 e. The molecule has 0 spiro atoms. The molecule has 3 heterocycles. The fourth-order valence-corrected chi connectivity index (χ4v) is 4.33. The van der Waals surface area contributed by atoms with Crippen molar-refractivity contribution in [3.8, 4) is 11.1 Å². The number of anilines is 1. The van der Waals surface area contributed by atoms with E-state index < -0.39 is 0 Å². The average molecular weight is 409 g/mol. The highest BCUT2D eigenvalue weighted by Crippen LogP contribution is 2.32. The van der Waals surface area contributed by atoms with Crippen molar-refractivity contribution in [2.75, 3.05) is 5.32 Å². The third kappa shape index (κ3) is 3.59. The predicted molar refractivity (Wildman–Crippen MR) is 119 cm³/mol. The molecule has 4 aromatic rings. The van der Waals surface area contributed by atoms with Gasteiger partial charge < -0.3 is 0 Å². The van der Waals surface area contributed by atoms with Gasteiger partial charge in [-0.2, -0.15) is 4.98 Å². The molecule has 2 aliphatic rings. The Bertz CT molecular complexity index is 1280. The Morgan fingerprint density at radius 3 is 2.68 bits per heavy atom. The number of carbonyl (C=O) groups is 1. The maximum absolute atomic E-state index is 12.1. The molecule has 0 atom stereocenters. The summed E-state index contributed by atoms with van der Waals surface area (Å²) in [4.78, 5) is 19.2. The standard InChI is InChI=1S/C25H23N5O/c31-24(18-8-9-18)27-25-26-23-22(7-4-12-30(23)28-25)19-10-11-20-15-29(16-21(20)13-19)14-17-5-2-1-3-6-17/h1-7,10-13,18H,8-9,14-16H2,(H,27,28,31). The molecular formula is C25H23N5O. The number of amides is 1. The van der Waals surface area contributed by atoms with Crippen LogP contribution in [-0.4, -0.2) is 25.4 Å². The molecule has 6 nitrogen and oxygen atoms in total. The zero-order chi connectivity index (χ0) is 20.8. The van der Waals surface area contributed by atoms with Crippen LogP contribution in [0.3, 0.4) is 0 Å². The van der Waals surface area contributed by atoms with Crippen LogP contribution >= 0.6 is 0 Å². The lowest BCUT2D eigenvalue weighted by atomic mass is 10.0. The molecule has 1 fully saturated rings. The molecule has 1 amide bonds. The predicted octanol–water partition coefficient (Wildman–Crippen LogP) is 4.26. The minimum absolute atomic E-state index is 0.0218. The molecule has 31 heavy (non-hydrogen) atoms. The Labute approximate surface area is 180 Å². The van der Waals surface area contributed by atoms with Crippen molar-refractivity contribution >= 4 is 17.5 Å². The van der Waals surface area contributed by atoms with Gasteiger partial charge in [0, 0.05) is 37.3 Å². The third-order valence-corrected chi connectivity index (χ3v) is 6.10. The molecular weight excluding hydrogens is 386 g/mol. The Hall–Kier alpha value is -3.51. The molecule has 0 radical (unpaired) electrons. The van der Waals surface area contributed by atoms with Gasteiger partial charge in [-0.15, -0.1) is 5.10 Å². The average Bonchev–Trinajstić information content (AvgIpc) is 3.44. The van der Waals surface area contributed by atoms with Gasteiger partial charge in [-0.05, 0) is 53.3 Å². The highest BCUT2D eigenvalue weighted by molar-refractivity contribution is 5.93. The van der Waals surface area contributed by atoms with E-state index in [1.807, 2.05) is 12.3 Å². The first-order valence-electron chi connectivity index (χ1n) is 10.8. The van der Waals surface area contributed by atoms with E-state index >= 15 is 0 Å². The maximum atomic E-state index is 12.1. The van der Waals surface area contributed by atoms with E-state index in [1.165, 1.54) is 16.7 Å². The number of nitrogens with zero attached hydrogens (tertiary/aromatic N) is 4. The second-order valence-electron chi connectivity index (χ2n) is 8.50. The molecule has 6 rings (SSSR count). The minimum atomic E-state index is 0.0218. The van der Waals surface area contributed by atoms with Gasteiger partial charge >= 0.3 is 0 Å². The Morgan fingerprint density at radius 1 is 1.00 bits per heavy atom. The first kappa shape index (κ1) is 18.3. The summed E-state index contributed by atoms with van der Waals surface area (Å²) >= 11 is 0. The highest BCUT2D eigenvalue weighted by atomic mass is 16.2. The van der Waals surface area contributed by atoms with E-state index in [-0.39, 0.29) is 11.8 Å². The van der Waals surface area contributed by atoms with Crippen molar-refractivity contribution in [1.29, 1.82) is 0 Å². The molecule has 154 valence electrons. The molecule has 2 aromatic heterocycles.